The van der Waals surface area contributed by atoms with E-state index in [0.717, 1.165) is 5.56 Å². The highest BCUT2D eigenvalue weighted by atomic mass is 35.5. The first-order chi connectivity index (χ1) is 12.0. The van der Waals surface area contributed by atoms with Gasteiger partial charge in [-0.2, -0.15) is 0 Å². The van der Waals surface area contributed by atoms with Gasteiger partial charge in [0.2, 0.25) is 0 Å². The van der Waals surface area contributed by atoms with E-state index in [1.807, 2.05) is 18.2 Å². The number of piperidine rings is 1. The number of amides is 2. The maximum Gasteiger partial charge on any atom is 0.317 e. The van der Waals surface area contributed by atoms with E-state index in [1.54, 1.807) is 29.3 Å². The van der Waals surface area contributed by atoms with Gasteiger partial charge in [-0.1, -0.05) is 35.3 Å². The summed E-state index contributed by atoms with van der Waals surface area (Å²) in [7, 11) is 0. The summed E-state index contributed by atoms with van der Waals surface area (Å²) in [4.78, 5) is 18.3. The smallest absolute Gasteiger partial charge is 0.317 e. The molecule has 1 aliphatic heterocycles. The van der Waals surface area contributed by atoms with Gasteiger partial charge in [0.05, 0.1) is 5.69 Å². The van der Waals surface area contributed by atoms with E-state index in [4.69, 9.17) is 23.2 Å². The molecule has 0 radical (unpaired) electrons. The number of hydrogen-bond donors (Lipinski definition) is 2. The highest BCUT2D eigenvalue weighted by Crippen LogP contribution is 2.31. The summed E-state index contributed by atoms with van der Waals surface area (Å²) in [5.41, 5.74) is 0.488. The average molecular weight is 380 g/mol. The summed E-state index contributed by atoms with van der Waals surface area (Å²) in [5, 5.41) is 14.7. The van der Waals surface area contributed by atoms with Gasteiger partial charge < -0.3 is 15.3 Å². The summed E-state index contributed by atoms with van der Waals surface area (Å²) in [6.45, 7) is 1.26. The summed E-state index contributed by atoms with van der Waals surface area (Å²) >= 11 is 12.0. The first-order valence-electron chi connectivity index (χ1n) is 8.08. The lowest BCUT2D eigenvalue weighted by Gasteiger charge is -2.37. The fourth-order valence-electron chi connectivity index (χ4n) is 2.92. The standard InChI is InChI=1S/C18H19Cl2N3O2/c19-14-5-4-13(15(20)11-14)12-22-17(24)23-9-6-18(25,7-10-23)16-3-1-2-8-21-16/h1-5,8,11,25H,6-7,9-10,12H2,(H,22,24). The third kappa shape index (κ3) is 4.24. The molecule has 132 valence electrons. The van der Waals surface area contributed by atoms with Crippen LogP contribution in [-0.4, -0.2) is 34.1 Å². The van der Waals surface area contributed by atoms with Crippen molar-refractivity contribution >= 4 is 29.2 Å². The van der Waals surface area contributed by atoms with Gasteiger partial charge in [-0.05, 0) is 42.7 Å². The largest absolute Gasteiger partial charge is 0.383 e. The fourth-order valence-corrected chi connectivity index (χ4v) is 3.40. The van der Waals surface area contributed by atoms with Gasteiger partial charge in [-0.3, -0.25) is 4.98 Å². The lowest BCUT2D eigenvalue weighted by molar-refractivity contribution is -0.0203. The number of halogens is 2. The molecule has 2 heterocycles. The lowest BCUT2D eigenvalue weighted by atomic mass is 9.88. The fraction of sp³-hybridized carbons (Fsp3) is 0.333. The van der Waals surface area contributed by atoms with Crippen LogP contribution in [0.2, 0.25) is 10.0 Å². The van der Waals surface area contributed by atoms with Crippen molar-refractivity contribution in [2.45, 2.75) is 25.0 Å². The Morgan fingerprint density at radius 2 is 2.00 bits per heavy atom. The minimum absolute atomic E-state index is 0.172. The van der Waals surface area contributed by atoms with Crippen molar-refractivity contribution in [1.82, 2.24) is 15.2 Å². The molecule has 0 unspecified atom stereocenters. The number of nitrogens with one attached hydrogen (secondary N) is 1. The van der Waals surface area contributed by atoms with E-state index in [1.165, 1.54) is 0 Å². The van der Waals surface area contributed by atoms with Crippen LogP contribution in [0.15, 0.2) is 42.6 Å². The molecule has 0 aliphatic carbocycles. The second-order valence-electron chi connectivity index (χ2n) is 6.13. The van der Waals surface area contributed by atoms with Crippen LogP contribution in [-0.2, 0) is 12.1 Å². The normalized spacial score (nSPS) is 16.5. The van der Waals surface area contributed by atoms with Crippen LogP contribution in [0.4, 0.5) is 4.79 Å². The van der Waals surface area contributed by atoms with Gasteiger partial charge in [0.1, 0.15) is 5.60 Å². The van der Waals surface area contributed by atoms with Crippen molar-refractivity contribution in [2.24, 2.45) is 0 Å². The quantitative estimate of drug-likeness (QED) is 0.856. The molecule has 25 heavy (non-hydrogen) atoms. The molecule has 0 spiro atoms. The predicted molar refractivity (Wildman–Crippen MR) is 97.6 cm³/mol. The van der Waals surface area contributed by atoms with Gasteiger partial charge in [-0.25, -0.2) is 4.79 Å². The van der Waals surface area contributed by atoms with Crippen molar-refractivity contribution in [3.05, 3.63) is 63.9 Å². The van der Waals surface area contributed by atoms with Crippen LogP contribution in [0.3, 0.4) is 0 Å². The zero-order chi connectivity index (χ0) is 17.9. The first-order valence-corrected chi connectivity index (χ1v) is 8.84. The maximum absolute atomic E-state index is 12.3. The molecule has 1 aromatic carbocycles. The van der Waals surface area contributed by atoms with E-state index in [0.29, 0.717) is 48.2 Å². The molecule has 7 heteroatoms. The minimum atomic E-state index is -0.975. The number of urea groups is 1. The van der Waals surface area contributed by atoms with Crippen LogP contribution >= 0.6 is 23.2 Å². The van der Waals surface area contributed by atoms with Crippen LogP contribution in [0, 0.1) is 0 Å². The molecule has 0 atom stereocenters. The Morgan fingerprint density at radius 1 is 1.24 bits per heavy atom. The van der Waals surface area contributed by atoms with E-state index >= 15 is 0 Å². The molecule has 1 aromatic heterocycles. The van der Waals surface area contributed by atoms with E-state index in [2.05, 4.69) is 10.3 Å². The lowest BCUT2D eigenvalue weighted by Crippen LogP contribution is -2.48. The molecule has 2 amide bonds. The molecule has 0 saturated carbocycles. The van der Waals surface area contributed by atoms with E-state index in [9.17, 15) is 9.90 Å². The van der Waals surface area contributed by atoms with Crippen LogP contribution in [0.1, 0.15) is 24.1 Å². The Bertz CT molecular complexity index is 747. The number of carbonyl (C=O) groups excluding carboxylic acids is 1. The topological polar surface area (TPSA) is 65.5 Å². The molecule has 1 fully saturated rings. The molecule has 5 nitrogen and oxygen atoms in total. The number of carbonyl (C=O) groups is 1. The number of aromatic nitrogens is 1. The second-order valence-corrected chi connectivity index (χ2v) is 6.97. The Morgan fingerprint density at radius 3 is 2.64 bits per heavy atom. The Balaban J connectivity index is 1.55. The predicted octanol–water partition coefficient (Wildman–Crippen LogP) is 3.58. The molecule has 3 rings (SSSR count). The zero-order valence-electron chi connectivity index (χ0n) is 13.6. The Kier molecular flexibility index (Phi) is 5.47. The van der Waals surface area contributed by atoms with Crippen molar-refractivity contribution in [3.8, 4) is 0 Å². The van der Waals surface area contributed by atoms with Gasteiger partial charge >= 0.3 is 6.03 Å². The third-order valence-corrected chi connectivity index (χ3v) is 5.05. The molecule has 1 saturated heterocycles. The Hall–Kier alpha value is -1.82. The number of rotatable bonds is 3. The highest BCUT2D eigenvalue weighted by molar-refractivity contribution is 6.35. The van der Waals surface area contributed by atoms with Crippen molar-refractivity contribution < 1.29 is 9.90 Å². The number of aliphatic hydroxyl groups is 1. The summed E-state index contributed by atoms with van der Waals surface area (Å²) in [5.74, 6) is 0. The zero-order valence-corrected chi connectivity index (χ0v) is 15.1. The van der Waals surface area contributed by atoms with E-state index < -0.39 is 5.60 Å². The minimum Gasteiger partial charge on any atom is -0.383 e. The van der Waals surface area contributed by atoms with Crippen molar-refractivity contribution in [1.29, 1.82) is 0 Å². The average Bonchev–Trinajstić information content (AvgIpc) is 2.62. The van der Waals surface area contributed by atoms with Crippen LogP contribution in [0.5, 0.6) is 0 Å². The first kappa shape index (κ1) is 18.0. The molecule has 2 aromatic rings. The van der Waals surface area contributed by atoms with Crippen LogP contribution in [0.25, 0.3) is 0 Å². The highest BCUT2D eigenvalue weighted by Gasteiger charge is 2.36. The number of pyridine rings is 1. The van der Waals surface area contributed by atoms with Crippen molar-refractivity contribution in [3.63, 3.8) is 0 Å². The van der Waals surface area contributed by atoms with Gasteiger partial charge in [-0.15, -0.1) is 0 Å². The molecular formula is C18H19Cl2N3O2. The molecule has 2 N–H and O–H groups in total. The van der Waals surface area contributed by atoms with E-state index in [-0.39, 0.29) is 6.03 Å². The molecule has 1 aliphatic rings. The monoisotopic (exact) mass is 379 g/mol. The number of likely N-dealkylation sites (tertiary alicyclic amines) is 1. The maximum atomic E-state index is 12.3. The summed E-state index contributed by atoms with van der Waals surface area (Å²) in [6.07, 6.45) is 2.58. The number of benzene rings is 1. The number of nitrogens with zero attached hydrogens (tertiary/aromatic N) is 2. The van der Waals surface area contributed by atoms with Gasteiger partial charge in [0, 0.05) is 35.9 Å². The summed E-state index contributed by atoms with van der Waals surface area (Å²) in [6, 6.07) is 10.5. The van der Waals surface area contributed by atoms with Gasteiger partial charge in [0.15, 0.2) is 0 Å². The van der Waals surface area contributed by atoms with Gasteiger partial charge in [0.25, 0.3) is 0 Å². The van der Waals surface area contributed by atoms with Crippen molar-refractivity contribution in [2.75, 3.05) is 13.1 Å². The Labute approximate surface area is 156 Å². The summed E-state index contributed by atoms with van der Waals surface area (Å²) < 4.78 is 0. The second kappa shape index (κ2) is 7.60. The molecular weight excluding hydrogens is 361 g/mol. The SMILES string of the molecule is O=C(NCc1ccc(Cl)cc1Cl)N1CCC(O)(c2ccccn2)CC1. The molecule has 0 bridgehead atoms. The third-order valence-electron chi connectivity index (χ3n) is 4.46. The number of hydrogen-bond acceptors (Lipinski definition) is 3. The van der Waals surface area contributed by atoms with Crippen LogP contribution < -0.4 is 5.32 Å².